The van der Waals surface area contributed by atoms with Gasteiger partial charge in [0.2, 0.25) is 0 Å². The Labute approximate surface area is 189 Å². The van der Waals surface area contributed by atoms with Crippen LogP contribution in [-0.4, -0.2) is 45.0 Å². The van der Waals surface area contributed by atoms with Gasteiger partial charge in [0.25, 0.3) is 5.91 Å². The number of benzene rings is 1. The second-order valence-electron chi connectivity index (χ2n) is 7.80. The first kappa shape index (κ1) is 20.5. The minimum Gasteiger partial charge on any atom is -0.496 e. The van der Waals surface area contributed by atoms with E-state index in [0.717, 1.165) is 18.4 Å². The molecule has 3 heterocycles. The summed E-state index contributed by atoms with van der Waals surface area (Å²) in [5, 5.41) is 9.37. The maximum atomic E-state index is 13.1. The Morgan fingerprint density at radius 1 is 1.34 bits per heavy atom. The number of methoxy groups -OCH3 is 1. The molecule has 1 saturated carbocycles. The van der Waals surface area contributed by atoms with Crippen molar-refractivity contribution in [3.63, 3.8) is 0 Å². The average molecular weight is 453 g/mol. The molecule has 5 rings (SSSR count). The van der Waals surface area contributed by atoms with E-state index >= 15 is 0 Å². The molecule has 1 atom stereocenters. The van der Waals surface area contributed by atoms with Crippen LogP contribution in [0.25, 0.3) is 5.65 Å². The van der Waals surface area contributed by atoms with E-state index in [2.05, 4.69) is 20.8 Å². The van der Waals surface area contributed by atoms with Gasteiger partial charge in [-0.25, -0.2) is 14.9 Å². The predicted molar refractivity (Wildman–Crippen MR) is 117 cm³/mol. The summed E-state index contributed by atoms with van der Waals surface area (Å²) in [6.07, 6.45) is 8.42. The standard InChI is InChI=1S/C22H21ClN6O3/c1-32-19-6-5-14(23)9-15(19)20-17(11-28(27-20)12-18(30)13-3-4-13)26-22(31)16-10-25-29-8-2-7-24-21(16)29/h2,5-11,13,20,27H,3-4,12H2,1H3,(H,26,31). The first-order chi connectivity index (χ1) is 15.5. The fourth-order valence-corrected chi connectivity index (χ4v) is 3.95. The van der Waals surface area contributed by atoms with Gasteiger partial charge in [-0.1, -0.05) is 11.6 Å². The van der Waals surface area contributed by atoms with Gasteiger partial charge in [0.15, 0.2) is 11.4 Å². The molecule has 1 aliphatic carbocycles. The first-order valence-electron chi connectivity index (χ1n) is 10.2. The fourth-order valence-electron chi connectivity index (χ4n) is 3.77. The molecule has 2 aromatic heterocycles. The molecule has 1 aromatic carbocycles. The number of carbonyl (C=O) groups is 2. The number of hydrogen-bond donors (Lipinski definition) is 2. The molecule has 0 spiro atoms. The SMILES string of the molecule is COc1ccc(Cl)cc1C1NN(CC(=O)C2CC2)C=C1NC(=O)c1cnn2cccnc12. The average Bonchev–Trinajstić information content (AvgIpc) is 3.44. The minimum atomic E-state index is -0.464. The molecule has 0 saturated heterocycles. The van der Waals surface area contributed by atoms with Crippen LogP contribution in [0.1, 0.15) is 34.8 Å². The lowest BCUT2D eigenvalue weighted by Gasteiger charge is -2.22. The highest BCUT2D eigenvalue weighted by Gasteiger charge is 2.34. The summed E-state index contributed by atoms with van der Waals surface area (Å²) in [6.45, 7) is 0.210. The molecule has 32 heavy (non-hydrogen) atoms. The van der Waals surface area contributed by atoms with Crippen molar-refractivity contribution in [2.45, 2.75) is 18.9 Å². The third kappa shape index (κ3) is 3.92. The summed E-state index contributed by atoms with van der Waals surface area (Å²) >= 11 is 6.25. The third-order valence-corrected chi connectivity index (χ3v) is 5.78. The van der Waals surface area contributed by atoms with E-state index in [1.807, 2.05) is 0 Å². The maximum absolute atomic E-state index is 13.1. The van der Waals surface area contributed by atoms with Crippen LogP contribution in [0.4, 0.5) is 0 Å². The van der Waals surface area contributed by atoms with Crippen molar-refractivity contribution >= 4 is 28.9 Å². The summed E-state index contributed by atoms with van der Waals surface area (Å²) in [5.74, 6) is 0.561. The number of nitrogens with zero attached hydrogens (tertiary/aromatic N) is 4. The highest BCUT2D eigenvalue weighted by atomic mass is 35.5. The number of nitrogens with one attached hydrogen (secondary N) is 2. The van der Waals surface area contributed by atoms with Crippen LogP contribution in [-0.2, 0) is 4.79 Å². The Morgan fingerprint density at radius 3 is 2.97 bits per heavy atom. The number of carbonyl (C=O) groups excluding carboxylic acids is 2. The van der Waals surface area contributed by atoms with E-state index in [1.54, 1.807) is 55.0 Å². The molecular weight excluding hydrogens is 432 g/mol. The summed E-state index contributed by atoms with van der Waals surface area (Å²) in [6, 6.07) is 6.56. The number of rotatable bonds is 7. The van der Waals surface area contributed by atoms with Crippen LogP contribution in [0.5, 0.6) is 5.75 Å². The molecule has 0 radical (unpaired) electrons. The number of fused-ring (bicyclic) bond motifs is 1. The van der Waals surface area contributed by atoms with Crippen molar-refractivity contribution < 1.29 is 14.3 Å². The van der Waals surface area contributed by atoms with Gasteiger partial charge in [-0.2, -0.15) is 5.10 Å². The molecule has 2 N–H and O–H groups in total. The zero-order chi connectivity index (χ0) is 22.2. The number of hydrazine groups is 1. The monoisotopic (exact) mass is 452 g/mol. The number of Topliss-reactive ketones (excluding diaryl/α,β-unsaturated/α-hetero) is 1. The van der Waals surface area contributed by atoms with Gasteiger partial charge in [0.05, 0.1) is 31.6 Å². The Balaban J connectivity index is 1.46. The smallest absolute Gasteiger partial charge is 0.261 e. The predicted octanol–water partition coefficient (Wildman–Crippen LogP) is 2.50. The topological polar surface area (TPSA) is 101 Å². The Morgan fingerprint density at radius 2 is 2.19 bits per heavy atom. The quantitative estimate of drug-likeness (QED) is 0.568. The van der Waals surface area contributed by atoms with Crippen molar-refractivity contribution in [1.29, 1.82) is 0 Å². The number of aromatic nitrogens is 3. The maximum Gasteiger partial charge on any atom is 0.261 e. The minimum absolute atomic E-state index is 0.132. The van der Waals surface area contributed by atoms with Crippen molar-refractivity contribution in [3.05, 3.63) is 70.9 Å². The summed E-state index contributed by atoms with van der Waals surface area (Å²) < 4.78 is 7.05. The fraction of sp³-hybridized carbons (Fsp3) is 0.273. The van der Waals surface area contributed by atoms with Crippen LogP contribution in [0, 0.1) is 5.92 Å². The molecule has 9 nitrogen and oxygen atoms in total. The van der Waals surface area contributed by atoms with Gasteiger partial charge in [-0.05, 0) is 37.1 Å². The summed E-state index contributed by atoms with van der Waals surface area (Å²) in [5.41, 5.74) is 5.39. The molecule has 2 aliphatic rings. The van der Waals surface area contributed by atoms with Gasteiger partial charge in [0, 0.05) is 35.1 Å². The van der Waals surface area contributed by atoms with Crippen molar-refractivity contribution in [3.8, 4) is 5.75 Å². The van der Waals surface area contributed by atoms with Crippen LogP contribution < -0.4 is 15.5 Å². The van der Waals surface area contributed by atoms with E-state index in [1.165, 1.54) is 10.7 Å². The third-order valence-electron chi connectivity index (χ3n) is 5.54. The highest BCUT2D eigenvalue weighted by Crippen LogP contribution is 2.35. The second kappa shape index (κ2) is 8.25. The summed E-state index contributed by atoms with van der Waals surface area (Å²) in [4.78, 5) is 29.7. The molecule has 0 bridgehead atoms. The molecule has 1 aliphatic heterocycles. The molecule has 3 aromatic rings. The van der Waals surface area contributed by atoms with Crippen LogP contribution in [0.3, 0.4) is 0 Å². The molecular formula is C22H21ClN6O3. The lowest BCUT2D eigenvalue weighted by molar-refractivity contribution is -0.121. The molecule has 1 fully saturated rings. The lowest BCUT2D eigenvalue weighted by atomic mass is 10.0. The van der Waals surface area contributed by atoms with Crippen LogP contribution in [0.15, 0.2) is 54.8 Å². The highest BCUT2D eigenvalue weighted by molar-refractivity contribution is 6.30. The Bertz CT molecular complexity index is 1240. The van der Waals surface area contributed by atoms with Crippen molar-refractivity contribution in [1.82, 2.24) is 30.3 Å². The van der Waals surface area contributed by atoms with E-state index in [9.17, 15) is 9.59 Å². The van der Waals surface area contributed by atoms with Crippen molar-refractivity contribution in [2.75, 3.05) is 13.7 Å². The number of ether oxygens (including phenoxy) is 1. The molecule has 164 valence electrons. The lowest BCUT2D eigenvalue weighted by Crippen LogP contribution is -2.37. The van der Waals surface area contributed by atoms with Gasteiger partial charge < -0.3 is 15.1 Å². The zero-order valence-corrected chi connectivity index (χ0v) is 18.0. The van der Waals surface area contributed by atoms with E-state index in [-0.39, 0.29) is 24.2 Å². The normalized spacial score (nSPS) is 18.0. The number of hydrogen-bond acceptors (Lipinski definition) is 7. The van der Waals surface area contributed by atoms with Crippen LogP contribution in [0.2, 0.25) is 5.02 Å². The van der Waals surface area contributed by atoms with E-state index < -0.39 is 6.04 Å². The largest absolute Gasteiger partial charge is 0.496 e. The van der Waals surface area contributed by atoms with Gasteiger partial charge in [0.1, 0.15) is 11.3 Å². The summed E-state index contributed by atoms with van der Waals surface area (Å²) in [7, 11) is 1.57. The van der Waals surface area contributed by atoms with Crippen molar-refractivity contribution in [2.24, 2.45) is 5.92 Å². The number of amides is 1. The molecule has 1 amide bonds. The second-order valence-corrected chi connectivity index (χ2v) is 8.24. The zero-order valence-electron chi connectivity index (χ0n) is 17.3. The van der Waals surface area contributed by atoms with Gasteiger partial charge in [-0.15, -0.1) is 0 Å². The van der Waals surface area contributed by atoms with Crippen LogP contribution >= 0.6 is 11.6 Å². The van der Waals surface area contributed by atoms with Gasteiger partial charge in [-0.3, -0.25) is 9.59 Å². The Kier molecular flexibility index (Phi) is 5.28. The molecule has 10 heteroatoms. The van der Waals surface area contributed by atoms with E-state index in [4.69, 9.17) is 16.3 Å². The Hall–Kier alpha value is -3.43. The van der Waals surface area contributed by atoms with Gasteiger partial charge >= 0.3 is 0 Å². The number of ketones is 1. The molecule has 1 unspecified atom stereocenters. The first-order valence-corrected chi connectivity index (χ1v) is 10.6. The number of halogens is 1. The van der Waals surface area contributed by atoms with E-state index in [0.29, 0.717) is 27.7 Å².